The van der Waals surface area contributed by atoms with Crippen LogP contribution in [0.5, 0.6) is 5.75 Å². The molecule has 3 aromatic carbocycles. The van der Waals surface area contributed by atoms with Gasteiger partial charge in [0.2, 0.25) is 0 Å². The van der Waals surface area contributed by atoms with Crippen molar-refractivity contribution in [2.45, 2.75) is 39.7 Å². The van der Waals surface area contributed by atoms with Crippen molar-refractivity contribution in [2.24, 2.45) is 5.92 Å². The van der Waals surface area contributed by atoms with Crippen LogP contribution in [0.3, 0.4) is 0 Å². The van der Waals surface area contributed by atoms with Crippen LogP contribution in [0.4, 0.5) is 14.9 Å². The molecule has 1 atom stereocenters. The van der Waals surface area contributed by atoms with Crippen molar-refractivity contribution in [1.29, 1.82) is 0 Å². The van der Waals surface area contributed by atoms with Crippen LogP contribution >= 0.6 is 0 Å². The molecule has 0 aliphatic carbocycles. The predicted molar refractivity (Wildman–Crippen MR) is 149 cm³/mol. The first kappa shape index (κ1) is 26.9. The summed E-state index contributed by atoms with van der Waals surface area (Å²) in [6.45, 7) is 6.55. The summed E-state index contributed by atoms with van der Waals surface area (Å²) in [5, 5.41) is 3.30. The van der Waals surface area contributed by atoms with E-state index in [1.54, 1.807) is 59.0 Å². The number of aromatic nitrogens is 2. The van der Waals surface area contributed by atoms with Crippen LogP contribution in [0.25, 0.3) is 16.6 Å². The maximum atomic E-state index is 13.9. The number of amides is 2. The van der Waals surface area contributed by atoms with Crippen LogP contribution in [-0.4, -0.2) is 34.1 Å². The van der Waals surface area contributed by atoms with Crippen LogP contribution < -0.4 is 15.6 Å². The number of hydrogen-bond donors (Lipinski definition) is 1. The van der Waals surface area contributed by atoms with E-state index in [-0.39, 0.29) is 5.56 Å². The minimum atomic E-state index is -0.551. The highest BCUT2D eigenvalue weighted by atomic mass is 19.1. The Morgan fingerprint density at radius 2 is 1.82 bits per heavy atom. The number of anilines is 1. The number of para-hydroxylation sites is 3. The Kier molecular flexibility index (Phi) is 8.41. The normalized spacial score (nSPS) is 11.9. The fourth-order valence-corrected chi connectivity index (χ4v) is 4.52. The van der Waals surface area contributed by atoms with Gasteiger partial charge in [0.1, 0.15) is 17.4 Å². The van der Waals surface area contributed by atoms with E-state index in [2.05, 4.69) is 19.2 Å². The predicted octanol–water partition coefficient (Wildman–Crippen LogP) is 6.56. The summed E-state index contributed by atoms with van der Waals surface area (Å²) in [6, 6.07) is 19.3. The second kappa shape index (κ2) is 11.9. The number of ether oxygens (including phenoxy) is 1. The lowest BCUT2D eigenvalue weighted by Crippen LogP contribution is -2.41. The zero-order valence-corrected chi connectivity index (χ0v) is 22.1. The van der Waals surface area contributed by atoms with Crippen LogP contribution in [-0.2, 0) is 0 Å². The molecule has 0 spiro atoms. The van der Waals surface area contributed by atoms with E-state index in [4.69, 9.17) is 9.72 Å². The number of methoxy groups -OCH3 is 1. The lowest BCUT2D eigenvalue weighted by molar-refractivity contribution is 0.176. The number of urea groups is 1. The van der Waals surface area contributed by atoms with Gasteiger partial charge in [-0.1, -0.05) is 51.1 Å². The Morgan fingerprint density at radius 1 is 1.08 bits per heavy atom. The number of carbonyl (C=O) groups is 1. The quantitative estimate of drug-likeness (QED) is 0.273. The van der Waals surface area contributed by atoms with Gasteiger partial charge in [0, 0.05) is 12.2 Å². The first-order chi connectivity index (χ1) is 18.3. The van der Waals surface area contributed by atoms with Crippen molar-refractivity contribution in [1.82, 2.24) is 14.5 Å². The zero-order chi connectivity index (χ0) is 27.2. The van der Waals surface area contributed by atoms with E-state index >= 15 is 0 Å². The van der Waals surface area contributed by atoms with Gasteiger partial charge >= 0.3 is 6.03 Å². The summed E-state index contributed by atoms with van der Waals surface area (Å²) in [5.74, 6) is 0.835. The van der Waals surface area contributed by atoms with Crippen LogP contribution in [0, 0.1) is 11.7 Å². The number of carbonyl (C=O) groups excluding carboxylic acids is 1. The Labute approximate surface area is 221 Å². The molecule has 198 valence electrons. The number of rotatable bonds is 9. The van der Waals surface area contributed by atoms with Crippen molar-refractivity contribution in [3.05, 3.63) is 94.8 Å². The summed E-state index contributed by atoms with van der Waals surface area (Å²) in [4.78, 5) is 34.2. The molecular formula is C30H33FN4O3. The van der Waals surface area contributed by atoms with Gasteiger partial charge in [0.15, 0.2) is 0 Å². The average Bonchev–Trinajstić information content (AvgIpc) is 2.91. The van der Waals surface area contributed by atoms with Crippen molar-refractivity contribution < 1.29 is 13.9 Å². The number of nitrogens with zero attached hydrogens (tertiary/aromatic N) is 3. The van der Waals surface area contributed by atoms with Gasteiger partial charge in [-0.25, -0.2) is 14.2 Å². The number of fused-ring (bicyclic) bond motifs is 1. The molecule has 1 unspecified atom stereocenters. The third-order valence-corrected chi connectivity index (χ3v) is 6.47. The molecule has 8 heteroatoms. The molecule has 4 rings (SSSR count). The van der Waals surface area contributed by atoms with E-state index in [1.807, 2.05) is 25.1 Å². The lowest BCUT2D eigenvalue weighted by Gasteiger charge is -2.33. The van der Waals surface area contributed by atoms with E-state index in [0.29, 0.717) is 52.7 Å². The van der Waals surface area contributed by atoms with Gasteiger partial charge < -0.3 is 15.0 Å². The molecule has 1 heterocycles. The molecule has 0 radical (unpaired) electrons. The van der Waals surface area contributed by atoms with Crippen molar-refractivity contribution >= 4 is 22.6 Å². The SMILES string of the molecule is CCC(c1nc2ccccc2c(=O)n1-c1ccccc1OC)N(CCC(C)C)C(=O)Nc1cccc(F)c1. The summed E-state index contributed by atoms with van der Waals surface area (Å²) in [7, 11) is 1.55. The number of halogens is 1. The zero-order valence-electron chi connectivity index (χ0n) is 22.1. The summed E-state index contributed by atoms with van der Waals surface area (Å²) >= 11 is 0. The van der Waals surface area contributed by atoms with Crippen molar-refractivity contribution in [2.75, 3.05) is 19.0 Å². The van der Waals surface area contributed by atoms with Crippen LogP contribution in [0.2, 0.25) is 0 Å². The molecule has 7 nitrogen and oxygen atoms in total. The Hall–Kier alpha value is -4.20. The Morgan fingerprint density at radius 3 is 2.53 bits per heavy atom. The van der Waals surface area contributed by atoms with Gasteiger partial charge in [-0.05, 0) is 61.2 Å². The topological polar surface area (TPSA) is 76.5 Å². The number of benzene rings is 3. The summed E-state index contributed by atoms with van der Waals surface area (Å²) in [5.41, 5.74) is 1.20. The second-order valence-electron chi connectivity index (χ2n) is 9.54. The fraction of sp³-hybridized carbons (Fsp3) is 0.300. The monoisotopic (exact) mass is 516 g/mol. The second-order valence-corrected chi connectivity index (χ2v) is 9.54. The third-order valence-electron chi connectivity index (χ3n) is 6.47. The first-order valence-electron chi connectivity index (χ1n) is 12.8. The van der Waals surface area contributed by atoms with Gasteiger partial charge in [-0.2, -0.15) is 0 Å². The highest BCUT2D eigenvalue weighted by Gasteiger charge is 2.30. The first-order valence-corrected chi connectivity index (χ1v) is 12.8. The molecule has 0 saturated carbocycles. The molecule has 1 aromatic heterocycles. The number of nitrogens with one attached hydrogen (secondary N) is 1. The Bertz CT molecular complexity index is 1480. The molecule has 0 bridgehead atoms. The maximum Gasteiger partial charge on any atom is 0.322 e. The van der Waals surface area contributed by atoms with E-state index in [1.165, 1.54) is 12.1 Å². The fourth-order valence-electron chi connectivity index (χ4n) is 4.52. The highest BCUT2D eigenvalue weighted by Crippen LogP contribution is 2.30. The minimum Gasteiger partial charge on any atom is -0.495 e. The van der Waals surface area contributed by atoms with E-state index in [9.17, 15) is 14.0 Å². The van der Waals surface area contributed by atoms with Gasteiger partial charge in [-0.3, -0.25) is 9.36 Å². The summed E-state index contributed by atoms with van der Waals surface area (Å²) in [6.07, 6.45) is 1.23. The molecule has 0 aliphatic heterocycles. The molecule has 2 amide bonds. The smallest absolute Gasteiger partial charge is 0.322 e. The number of hydrogen-bond acceptors (Lipinski definition) is 4. The van der Waals surface area contributed by atoms with E-state index in [0.717, 1.165) is 6.42 Å². The Balaban J connectivity index is 1.90. The molecule has 0 fully saturated rings. The van der Waals surface area contributed by atoms with E-state index < -0.39 is 17.9 Å². The summed E-state index contributed by atoms with van der Waals surface area (Å²) < 4.78 is 21.0. The molecule has 0 aliphatic rings. The molecule has 4 aromatic rings. The lowest BCUT2D eigenvalue weighted by atomic mass is 10.1. The molecule has 38 heavy (non-hydrogen) atoms. The van der Waals surface area contributed by atoms with Crippen molar-refractivity contribution in [3.63, 3.8) is 0 Å². The van der Waals surface area contributed by atoms with Gasteiger partial charge in [0.25, 0.3) is 5.56 Å². The van der Waals surface area contributed by atoms with Crippen LogP contribution in [0.1, 0.15) is 45.5 Å². The minimum absolute atomic E-state index is 0.247. The third kappa shape index (κ3) is 5.69. The molecular weight excluding hydrogens is 483 g/mol. The van der Waals surface area contributed by atoms with Gasteiger partial charge in [-0.15, -0.1) is 0 Å². The highest BCUT2D eigenvalue weighted by molar-refractivity contribution is 5.89. The molecule has 1 N–H and O–H groups in total. The van der Waals surface area contributed by atoms with Crippen LogP contribution in [0.15, 0.2) is 77.6 Å². The standard InChI is InChI=1S/C30H33FN4O3/c1-5-25(34(18-17-20(2)3)30(37)32-22-12-10-11-21(31)19-22)28-33-24-14-7-6-13-23(24)29(36)35(28)26-15-8-9-16-27(26)38-4/h6-16,19-20,25H,5,17-18H2,1-4H3,(H,32,37). The van der Waals surface area contributed by atoms with Gasteiger partial charge in [0.05, 0.1) is 29.7 Å². The largest absolute Gasteiger partial charge is 0.495 e. The average molecular weight is 517 g/mol. The molecule has 0 saturated heterocycles. The maximum absolute atomic E-state index is 13.9. The van der Waals surface area contributed by atoms with Crippen molar-refractivity contribution in [3.8, 4) is 11.4 Å².